The fourth-order valence-electron chi connectivity index (χ4n) is 3.00. The van der Waals surface area contributed by atoms with Crippen LogP contribution >= 0.6 is 0 Å². The SMILES string of the molecule is N#Cc1cnc2cnn(C[C@H]3CC[C@H](C(=O)O)CC3)c2c1. The van der Waals surface area contributed by atoms with Gasteiger partial charge in [0.1, 0.15) is 11.6 Å². The number of nitriles is 1. The van der Waals surface area contributed by atoms with Crippen molar-refractivity contribution in [3.8, 4) is 6.07 Å². The lowest BCUT2D eigenvalue weighted by molar-refractivity contribution is -0.143. The van der Waals surface area contributed by atoms with Crippen LogP contribution in [0.4, 0.5) is 0 Å². The van der Waals surface area contributed by atoms with E-state index in [1.165, 1.54) is 0 Å². The Morgan fingerprint density at radius 3 is 2.81 bits per heavy atom. The Morgan fingerprint density at radius 2 is 2.14 bits per heavy atom. The molecule has 1 fully saturated rings. The molecule has 0 unspecified atom stereocenters. The van der Waals surface area contributed by atoms with Crippen molar-refractivity contribution in [1.29, 1.82) is 5.26 Å². The predicted octanol–water partition coefficient (Wildman–Crippen LogP) is 2.19. The second-order valence-corrected chi connectivity index (χ2v) is 5.62. The zero-order valence-electron chi connectivity index (χ0n) is 11.6. The number of carboxylic acid groups (broad SMARTS) is 1. The van der Waals surface area contributed by atoms with E-state index in [1.807, 2.05) is 4.68 Å². The third-order valence-electron chi connectivity index (χ3n) is 4.25. The molecule has 3 rings (SSSR count). The minimum Gasteiger partial charge on any atom is -0.481 e. The average Bonchev–Trinajstić information content (AvgIpc) is 2.90. The van der Waals surface area contributed by atoms with Crippen LogP contribution in [-0.4, -0.2) is 25.8 Å². The van der Waals surface area contributed by atoms with Crippen molar-refractivity contribution in [2.24, 2.45) is 11.8 Å². The Balaban J connectivity index is 1.74. The second kappa shape index (κ2) is 5.52. The van der Waals surface area contributed by atoms with Crippen molar-refractivity contribution in [3.05, 3.63) is 24.0 Å². The van der Waals surface area contributed by atoms with Crippen LogP contribution in [0.5, 0.6) is 0 Å². The van der Waals surface area contributed by atoms with Gasteiger partial charge >= 0.3 is 5.97 Å². The Morgan fingerprint density at radius 1 is 1.38 bits per heavy atom. The maximum absolute atomic E-state index is 11.0. The first kappa shape index (κ1) is 13.6. The molecule has 1 saturated carbocycles. The Hall–Kier alpha value is -2.42. The van der Waals surface area contributed by atoms with Crippen molar-refractivity contribution in [2.75, 3.05) is 0 Å². The van der Waals surface area contributed by atoms with Gasteiger partial charge in [-0.3, -0.25) is 14.5 Å². The van der Waals surface area contributed by atoms with Crippen molar-refractivity contribution >= 4 is 17.0 Å². The monoisotopic (exact) mass is 284 g/mol. The molecule has 1 N–H and O–H groups in total. The standard InChI is InChI=1S/C15H16N4O2/c16-6-11-5-14-13(17-7-11)8-18-19(14)9-10-1-3-12(4-2-10)15(20)21/h5,7-8,10,12H,1-4,9H2,(H,20,21)/t10-,12-. The summed E-state index contributed by atoms with van der Waals surface area (Å²) < 4.78 is 1.88. The van der Waals surface area contributed by atoms with Gasteiger partial charge in [0.25, 0.3) is 0 Å². The molecule has 0 atom stereocenters. The molecular formula is C15H16N4O2. The van der Waals surface area contributed by atoms with Gasteiger partial charge in [-0.15, -0.1) is 0 Å². The summed E-state index contributed by atoms with van der Waals surface area (Å²) in [7, 11) is 0. The zero-order valence-corrected chi connectivity index (χ0v) is 11.6. The smallest absolute Gasteiger partial charge is 0.306 e. The summed E-state index contributed by atoms with van der Waals surface area (Å²) in [5.74, 6) is -0.433. The summed E-state index contributed by atoms with van der Waals surface area (Å²) in [6.07, 6.45) is 6.54. The summed E-state index contributed by atoms with van der Waals surface area (Å²) in [5, 5.41) is 22.3. The van der Waals surface area contributed by atoms with E-state index in [1.54, 1.807) is 18.5 Å². The lowest BCUT2D eigenvalue weighted by Gasteiger charge is -2.26. The van der Waals surface area contributed by atoms with Crippen LogP contribution in [0.15, 0.2) is 18.5 Å². The molecule has 0 aromatic carbocycles. The lowest BCUT2D eigenvalue weighted by Crippen LogP contribution is -2.24. The molecule has 0 aliphatic heterocycles. The number of hydrogen-bond donors (Lipinski definition) is 1. The summed E-state index contributed by atoms with van der Waals surface area (Å²) in [6, 6.07) is 3.89. The minimum absolute atomic E-state index is 0.192. The molecule has 1 aliphatic rings. The van der Waals surface area contributed by atoms with E-state index in [-0.39, 0.29) is 5.92 Å². The number of carboxylic acids is 1. The minimum atomic E-state index is -0.680. The van der Waals surface area contributed by atoms with Crippen molar-refractivity contribution in [2.45, 2.75) is 32.2 Å². The summed E-state index contributed by atoms with van der Waals surface area (Å²) in [6.45, 7) is 0.756. The summed E-state index contributed by atoms with van der Waals surface area (Å²) in [5.41, 5.74) is 2.18. The second-order valence-electron chi connectivity index (χ2n) is 5.62. The third-order valence-corrected chi connectivity index (χ3v) is 4.25. The van der Waals surface area contributed by atoms with Crippen LogP contribution in [0.25, 0.3) is 11.0 Å². The van der Waals surface area contributed by atoms with Crippen LogP contribution in [0.2, 0.25) is 0 Å². The number of carbonyl (C=O) groups is 1. The Kier molecular flexibility index (Phi) is 3.57. The van der Waals surface area contributed by atoms with Crippen molar-refractivity contribution < 1.29 is 9.90 Å². The molecular weight excluding hydrogens is 268 g/mol. The molecule has 6 nitrogen and oxygen atoms in total. The molecule has 0 spiro atoms. The number of rotatable bonds is 3. The first-order valence-electron chi connectivity index (χ1n) is 7.12. The third kappa shape index (κ3) is 2.72. The predicted molar refractivity (Wildman–Crippen MR) is 75.3 cm³/mol. The molecule has 2 heterocycles. The number of fused-ring (bicyclic) bond motifs is 1. The normalized spacial score (nSPS) is 22.0. The fourth-order valence-corrected chi connectivity index (χ4v) is 3.00. The quantitative estimate of drug-likeness (QED) is 0.932. The van der Waals surface area contributed by atoms with E-state index >= 15 is 0 Å². The number of nitrogens with zero attached hydrogens (tertiary/aromatic N) is 4. The number of hydrogen-bond acceptors (Lipinski definition) is 4. The maximum atomic E-state index is 11.0. The summed E-state index contributed by atoms with van der Waals surface area (Å²) >= 11 is 0. The highest BCUT2D eigenvalue weighted by Gasteiger charge is 2.26. The summed E-state index contributed by atoms with van der Waals surface area (Å²) in [4.78, 5) is 15.2. The van der Waals surface area contributed by atoms with Gasteiger partial charge < -0.3 is 5.11 Å². The van der Waals surface area contributed by atoms with E-state index in [4.69, 9.17) is 10.4 Å². The molecule has 0 radical (unpaired) electrons. The van der Waals surface area contributed by atoms with E-state index in [0.29, 0.717) is 11.5 Å². The van der Waals surface area contributed by atoms with Crippen LogP contribution in [0.1, 0.15) is 31.2 Å². The maximum Gasteiger partial charge on any atom is 0.306 e. The van der Waals surface area contributed by atoms with E-state index in [0.717, 1.165) is 43.3 Å². The number of pyridine rings is 1. The van der Waals surface area contributed by atoms with E-state index in [9.17, 15) is 4.79 Å². The van der Waals surface area contributed by atoms with Gasteiger partial charge in [0.2, 0.25) is 0 Å². The molecule has 108 valence electrons. The molecule has 6 heteroatoms. The van der Waals surface area contributed by atoms with Gasteiger partial charge in [0.15, 0.2) is 0 Å². The highest BCUT2D eigenvalue weighted by Crippen LogP contribution is 2.30. The van der Waals surface area contributed by atoms with Gasteiger partial charge in [-0.2, -0.15) is 10.4 Å². The fraction of sp³-hybridized carbons (Fsp3) is 0.467. The molecule has 2 aromatic rings. The Labute approximate surface area is 122 Å². The van der Waals surface area contributed by atoms with Crippen molar-refractivity contribution in [3.63, 3.8) is 0 Å². The average molecular weight is 284 g/mol. The van der Waals surface area contributed by atoms with Crippen LogP contribution in [0, 0.1) is 23.2 Å². The van der Waals surface area contributed by atoms with Gasteiger partial charge in [0.05, 0.1) is 23.2 Å². The van der Waals surface area contributed by atoms with E-state index < -0.39 is 5.97 Å². The van der Waals surface area contributed by atoms with E-state index in [2.05, 4.69) is 16.2 Å². The number of aliphatic carboxylic acids is 1. The molecule has 2 aromatic heterocycles. The van der Waals surface area contributed by atoms with Crippen LogP contribution in [-0.2, 0) is 11.3 Å². The first-order valence-corrected chi connectivity index (χ1v) is 7.12. The molecule has 0 saturated heterocycles. The van der Waals surface area contributed by atoms with Crippen LogP contribution < -0.4 is 0 Å². The molecule has 1 aliphatic carbocycles. The highest BCUT2D eigenvalue weighted by molar-refractivity contribution is 5.75. The molecule has 21 heavy (non-hydrogen) atoms. The van der Waals surface area contributed by atoms with Gasteiger partial charge in [-0.25, -0.2) is 0 Å². The largest absolute Gasteiger partial charge is 0.481 e. The zero-order chi connectivity index (χ0) is 14.8. The highest BCUT2D eigenvalue weighted by atomic mass is 16.4. The topological polar surface area (TPSA) is 91.8 Å². The molecule has 0 bridgehead atoms. The number of aromatic nitrogens is 3. The van der Waals surface area contributed by atoms with Crippen molar-refractivity contribution in [1.82, 2.24) is 14.8 Å². The molecule has 0 amide bonds. The first-order chi connectivity index (χ1) is 10.2. The van der Waals surface area contributed by atoms with Crippen LogP contribution in [0.3, 0.4) is 0 Å². The lowest BCUT2D eigenvalue weighted by atomic mass is 9.82. The van der Waals surface area contributed by atoms with Gasteiger partial charge in [0, 0.05) is 12.7 Å². The Bertz CT molecular complexity index is 708. The van der Waals surface area contributed by atoms with Gasteiger partial charge in [-0.05, 0) is 37.7 Å². The van der Waals surface area contributed by atoms with Gasteiger partial charge in [-0.1, -0.05) is 0 Å².